The molecule has 0 radical (unpaired) electrons. The molecule has 0 spiro atoms. The van der Waals surface area contributed by atoms with Gasteiger partial charge in [-0.15, -0.1) is 12.4 Å². The van der Waals surface area contributed by atoms with Gasteiger partial charge in [-0.3, -0.25) is 4.79 Å². The normalized spacial score (nSPS) is 21.8. The van der Waals surface area contributed by atoms with Crippen molar-refractivity contribution in [1.29, 1.82) is 0 Å². The zero-order valence-corrected chi connectivity index (χ0v) is 13.4. The molecule has 19 heavy (non-hydrogen) atoms. The third-order valence-electron chi connectivity index (χ3n) is 3.65. The first-order valence-corrected chi connectivity index (χ1v) is 7.23. The number of carbonyl (C=O) groups is 1. The molecule has 1 unspecified atom stereocenters. The minimum absolute atomic E-state index is 0. The third-order valence-corrected chi connectivity index (χ3v) is 4.18. The number of hydrogen-bond donors (Lipinski definition) is 2. The zero-order valence-electron chi connectivity index (χ0n) is 11.0. The molecule has 106 valence electrons. The maximum absolute atomic E-state index is 12.3. The van der Waals surface area contributed by atoms with Crippen molar-refractivity contribution in [3.63, 3.8) is 0 Å². The van der Waals surface area contributed by atoms with E-state index in [0.717, 1.165) is 35.8 Å². The molecule has 1 amide bonds. The molecule has 1 aliphatic heterocycles. The average Bonchev–Trinajstić information content (AvgIpc) is 2.88. The molecule has 3 nitrogen and oxygen atoms in total. The van der Waals surface area contributed by atoms with E-state index in [2.05, 4.69) is 33.5 Å². The fraction of sp³-hybridized carbons (Fsp3) is 0.500. The topological polar surface area (TPSA) is 41.1 Å². The van der Waals surface area contributed by atoms with Crippen LogP contribution >= 0.6 is 28.3 Å². The highest BCUT2D eigenvalue weighted by Crippen LogP contribution is 2.23. The predicted octanol–water partition coefficient (Wildman–Crippen LogP) is 3.02. The van der Waals surface area contributed by atoms with Gasteiger partial charge in [0.25, 0.3) is 0 Å². The minimum Gasteiger partial charge on any atom is -0.350 e. The Morgan fingerprint density at radius 1 is 1.42 bits per heavy atom. The molecule has 0 saturated carbocycles. The molecule has 1 fully saturated rings. The number of halogens is 2. The molecule has 1 aromatic carbocycles. The van der Waals surface area contributed by atoms with Crippen LogP contribution in [0.1, 0.15) is 31.7 Å². The molecule has 0 bridgehead atoms. The lowest BCUT2D eigenvalue weighted by Crippen LogP contribution is -2.52. The van der Waals surface area contributed by atoms with Crippen LogP contribution in [0.5, 0.6) is 0 Å². The second kappa shape index (κ2) is 7.27. The Balaban J connectivity index is 0.00000180. The minimum atomic E-state index is -0.338. The lowest BCUT2D eigenvalue weighted by molar-refractivity contribution is -0.127. The van der Waals surface area contributed by atoms with Crippen molar-refractivity contribution < 1.29 is 4.79 Å². The fourth-order valence-corrected chi connectivity index (χ4v) is 2.68. The largest absolute Gasteiger partial charge is 0.350 e. The first kappa shape index (κ1) is 16.5. The predicted molar refractivity (Wildman–Crippen MR) is 83.5 cm³/mol. The van der Waals surface area contributed by atoms with Crippen molar-refractivity contribution >= 4 is 34.2 Å². The molecule has 2 N–H and O–H groups in total. The standard InChI is InChI=1S/C14H19BrN2O.ClH/c1-2-14(8-3-9-17-14)13(18)16-10-11-4-6-12(15)7-5-11;/h4-7,17H,2-3,8-10H2,1H3,(H,16,18);1H. The summed E-state index contributed by atoms with van der Waals surface area (Å²) in [6.07, 6.45) is 2.87. The van der Waals surface area contributed by atoms with E-state index < -0.39 is 0 Å². The van der Waals surface area contributed by atoms with Gasteiger partial charge >= 0.3 is 0 Å². The van der Waals surface area contributed by atoms with Crippen molar-refractivity contribution in [2.75, 3.05) is 6.54 Å². The van der Waals surface area contributed by atoms with Crippen molar-refractivity contribution in [1.82, 2.24) is 10.6 Å². The second-order valence-electron chi connectivity index (χ2n) is 4.78. The molecule has 1 aromatic rings. The lowest BCUT2D eigenvalue weighted by atomic mass is 9.93. The van der Waals surface area contributed by atoms with E-state index in [-0.39, 0.29) is 23.9 Å². The Bertz CT molecular complexity index is 416. The Hall–Kier alpha value is -0.580. The van der Waals surface area contributed by atoms with Gasteiger partial charge in [-0.1, -0.05) is 35.0 Å². The van der Waals surface area contributed by atoms with Crippen molar-refractivity contribution in [3.05, 3.63) is 34.3 Å². The molecular weight excluding hydrogens is 328 g/mol. The first-order valence-electron chi connectivity index (χ1n) is 6.44. The van der Waals surface area contributed by atoms with Crippen molar-refractivity contribution in [2.24, 2.45) is 0 Å². The number of hydrogen-bond acceptors (Lipinski definition) is 2. The van der Waals surface area contributed by atoms with Gasteiger partial charge in [0.05, 0.1) is 5.54 Å². The van der Waals surface area contributed by atoms with E-state index in [1.54, 1.807) is 0 Å². The SMILES string of the molecule is CCC1(C(=O)NCc2ccc(Br)cc2)CCCN1.Cl. The van der Waals surface area contributed by atoms with Gasteiger partial charge < -0.3 is 10.6 Å². The van der Waals surface area contributed by atoms with E-state index in [9.17, 15) is 4.79 Å². The molecule has 0 aliphatic carbocycles. The number of nitrogens with one attached hydrogen (secondary N) is 2. The van der Waals surface area contributed by atoms with Crippen molar-refractivity contribution in [2.45, 2.75) is 38.3 Å². The summed E-state index contributed by atoms with van der Waals surface area (Å²) in [6, 6.07) is 8.02. The van der Waals surface area contributed by atoms with Gasteiger partial charge in [-0.25, -0.2) is 0 Å². The molecule has 1 aliphatic rings. The van der Waals surface area contributed by atoms with Crippen LogP contribution < -0.4 is 10.6 Å². The third kappa shape index (κ3) is 3.94. The average molecular weight is 348 g/mol. The molecule has 0 aromatic heterocycles. The summed E-state index contributed by atoms with van der Waals surface area (Å²) in [5.41, 5.74) is 0.783. The van der Waals surface area contributed by atoms with Crippen LogP contribution in [0.3, 0.4) is 0 Å². The number of amides is 1. The summed E-state index contributed by atoms with van der Waals surface area (Å²) < 4.78 is 1.06. The van der Waals surface area contributed by atoms with Crippen molar-refractivity contribution in [3.8, 4) is 0 Å². The summed E-state index contributed by atoms with van der Waals surface area (Å²) >= 11 is 3.40. The molecule has 1 saturated heterocycles. The molecule has 2 rings (SSSR count). The van der Waals surface area contributed by atoms with Gasteiger partial charge in [0.2, 0.25) is 5.91 Å². The fourth-order valence-electron chi connectivity index (χ4n) is 2.42. The van der Waals surface area contributed by atoms with E-state index in [1.807, 2.05) is 24.3 Å². The summed E-state index contributed by atoms with van der Waals surface area (Å²) in [6.45, 7) is 3.60. The Labute approximate surface area is 129 Å². The summed E-state index contributed by atoms with van der Waals surface area (Å²) in [7, 11) is 0. The second-order valence-corrected chi connectivity index (χ2v) is 5.69. The summed E-state index contributed by atoms with van der Waals surface area (Å²) in [5, 5.41) is 6.38. The maximum atomic E-state index is 12.3. The smallest absolute Gasteiger partial charge is 0.240 e. The molecule has 5 heteroatoms. The number of rotatable bonds is 4. The highest BCUT2D eigenvalue weighted by atomic mass is 79.9. The molecule has 1 atom stereocenters. The van der Waals surface area contributed by atoms with Gasteiger partial charge in [0, 0.05) is 11.0 Å². The zero-order chi connectivity index (χ0) is 13.0. The first-order chi connectivity index (χ1) is 8.66. The molecular formula is C14H20BrClN2O. The van der Waals surface area contributed by atoms with Gasteiger partial charge in [-0.2, -0.15) is 0 Å². The molecule has 1 heterocycles. The van der Waals surface area contributed by atoms with E-state index in [0.29, 0.717) is 6.54 Å². The van der Waals surface area contributed by atoms with E-state index in [4.69, 9.17) is 0 Å². The monoisotopic (exact) mass is 346 g/mol. The van der Waals surface area contributed by atoms with Crippen LogP contribution in [-0.2, 0) is 11.3 Å². The number of benzene rings is 1. The lowest BCUT2D eigenvalue weighted by Gasteiger charge is -2.26. The highest BCUT2D eigenvalue weighted by molar-refractivity contribution is 9.10. The van der Waals surface area contributed by atoms with Gasteiger partial charge in [-0.05, 0) is 43.5 Å². The van der Waals surface area contributed by atoms with E-state index in [1.165, 1.54) is 0 Å². The summed E-state index contributed by atoms with van der Waals surface area (Å²) in [5.74, 6) is 0.130. The van der Waals surface area contributed by atoms with Crippen LogP contribution in [0, 0.1) is 0 Å². The summed E-state index contributed by atoms with van der Waals surface area (Å²) in [4.78, 5) is 12.3. The Morgan fingerprint density at radius 3 is 2.63 bits per heavy atom. The van der Waals surface area contributed by atoms with Crippen LogP contribution in [0.2, 0.25) is 0 Å². The van der Waals surface area contributed by atoms with Crippen LogP contribution in [0.4, 0.5) is 0 Å². The highest BCUT2D eigenvalue weighted by Gasteiger charge is 2.38. The van der Waals surface area contributed by atoms with Gasteiger partial charge in [0.1, 0.15) is 0 Å². The van der Waals surface area contributed by atoms with Crippen LogP contribution in [-0.4, -0.2) is 18.0 Å². The van der Waals surface area contributed by atoms with Crippen LogP contribution in [0.15, 0.2) is 28.7 Å². The Morgan fingerprint density at radius 2 is 2.11 bits per heavy atom. The number of carbonyl (C=O) groups excluding carboxylic acids is 1. The Kier molecular flexibility index (Phi) is 6.30. The van der Waals surface area contributed by atoms with E-state index >= 15 is 0 Å². The van der Waals surface area contributed by atoms with Crippen LogP contribution in [0.25, 0.3) is 0 Å². The van der Waals surface area contributed by atoms with Gasteiger partial charge in [0.15, 0.2) is 0 Å². The quantitative estimate of drug-likeness (QED) is 0.879. The maximum Gasteiger partial charge on any atom is 0.240 e.